The third-order valence-corrected chi connectivity index (χ3v) is 1.01. The first-order chi connectivity index (χ1) is 4.18. The van der Waals surface area contributed by atoms with Gasteiger partial charge in [-0.25, -0.2) is 8.78 Å². The van der Waals surface area contributed by atoms with Gasteiger partial charge in [0.25, 0.3) is 0 Å². The van der Waals surface area contributed by atoms with Crippen molar-refractivity contribution in [2.75, 3.05) is 0 Å². The van der Waals surface area contributed by atoms with Gasteiger partial charge in [0.1, 0.15) is 11.6 Å². The van der Waals surface area contributed by atoms with E-state index in [4.69, 9.17) is 0 Å². The number of hydrogen-bond donors (Lipinski definition) is 0. The van der Waals surface area contributed by atoms with Crippen LogP contribution in [-0.4, -0.2) is 0 Å². The van der Waals surface area contributed by atoms with Crippen molar-refractivity contribution in [1.29, 1.82) is 0 Å². The van der Waals surface area contributed by atoms with Crippen molar-refractivity contribution in [3.05, 3.63) is 35.4 Å². The Morgan fingerprint density at radius 3 is 1.70 bits per heavy atom. The van der Waals surface area contributed by atoms with Gasteiger partial charge in [-0.2, -0.15) is 0 Å². The second-order valence-electron chi connectivity index (χ2n) is 1.95. The molecule has 0 N–H and O–H groups in total. The summed E-state index contributed by atoms with van der Waals surface area (Å²) in [6, 6.07) is 3.42. The smallest absolute Gasteiger partial charge is 0.126 e. The lowest BCUT2D eigenvalue weighted by Crippen LogP contribution is -1.80. The third kappa shape index (κ3) is 2.13. The summed E-state index contributed by atoms with van der Waals surface area (Å²) in [6.07, 6.45) is 0. The van der Waals surface area contributed by atoms with Crippen LogP contribution in [0, 0.1) is 18.6 Å². The molecule has 0 unspecified atom stereocenters. The first-order valence-electron chi connectivity index (χ1n) is 2.61. The van der Waals surface area contributed by atoms with Crippen molar-refractivity contribution in [2.24, 2.45) is 0 Å². The van der Waals surface area contributed by atoms with Crippen LogP contribution in [0.5, 0.6) is 0 Å². The molecule has 0 heterocycles. The molecule has 0 bridgehead atoms. The molecule has 56 valence electrons. The van der Waals surface area contributed by atoms with Crippen molar-refractivity contribution in [3.8, 4) is 0 Å². The predicted molar refractivity (Wildman–Crippen MR) is 37.8 cm³/mol. The normalized spacial score (nSPS) is 8.70. The SMILES string of the molecule is C.Cc1cc(F)cc(F)c1. The average molecular weight is 144 g/mol. The molecule has 0 amide bonds. The van der Waals surface area contributed by atoms with E-state index in [1.54, 1.807) is 6.92 Å². The van der Waals surface area contributed by atoms with Crippen molar-refractivity contribution < 1.29 is 8.78 Å². The van der Waals surface area contributed by atoms with Crippen molar-refractivity contribution in [1.82, 2.24) is 0 Å². The van der Waals surface area contributed by atoms with Crippen LogP contribution < -0.4 is 0 Å². The maximum absolute atomic E-state index is 12.2. The van der Waals surface area contributed by atoms with E-state index in [0.717, 1.165) is 6.07 Å². The Kier molecular flexibility index (Phi) is 3.00. The Balaban J connectivity index is 0.000000810. The van der Waals surface area contributed by atoms with Gasteiger partial charge >= 0.3 is 0 Å². The lowest BCUT2D eigenvalue weighted by Gasteiger charge is -1.91. The van der Waals surface area contributed by atoms with Crippen molar-refractivity contribution >= 4 is 0 Å². The van der Waals surface area contributed by atoms with Crippen LogP contribution in [0.4, 0.5) is 8.78 Å². The fraction of sp³-hybridized carbons (Fsp3) is 0.250. The first-order valence-corrected chi connectivity index (χ1v) is 2.61. The van der Waals surface area contributed by atoms with E-state index in [1.165, 1.54) is 12.1 Å². The van der Waals surface area contributed by atoms with Crippen LogP contribution in [0.3, 0.4) is 0 Å². The fourth-order valence-corrected chi connectivity index (χ4v) is 0.692. The Bertz CT molecular complexity index is 168. The molecule has 10 heavy (non-hydrogen) atoms. The molecular weight excluding hydrogens is 134 g/mol. The summed E-state index contributed by atoms with van der Waals surface area (Å²) < 4.78 is 24.4. The van der Waals surface area contributed by atoms with E-state index in [-0.39, 0.29) is 7.43 Å². The second-order valence-corrected chi connectivity index (χ2v) is 1.95. The summed E-state index contributed by atoms with van der Waals surface area (Å²) in [5, 5.41) is 0. The minimum Gasteiger partial charge on any atom is -0.207 e. The zero-order chi connectivity index (χ0) is 6.85. The highest BCUT2D eigenvalue weighted by molar-refractivity contribution is 5.15. The maximum atomic E-state index is 12.2. The summed E-state index contributed by atoms with van der Waals surface area (Å²) in [5.74, 6) is -1.04. The highest BCUT2D eigenvalue weighted by Gasteiger charge is 1.93. The molecule has 0 radical (unpaired) electrons. The fourth-order valence-electron chi connectivity index (χ4n) is 0.692. The van der Waals surface area contributed by atoms with Gasteiger partial charge in [0.2, 0.25) is 0 Å². The lowest BCUT2D eigenvalue weighted by atomic mass is 10.2. The number of rotatable bonds is 0. The van der Waals surface area contributed by atoms with Gasteiger partial charge in [-0.05, 0) is 24.6 Å². The van der Waals surface area contributed by atoms with Gasteiger partial charge in [-0.1, -0.05) is 7.43 Å². The van der Waals surface area contributed by atoms with E-state index >= 15 is 0 Å². The molecule has 0 aliphatic carbocycles. The highest BCUT2D eigenvalue weighted by atomic mass is 19.1. The van der Waals surface area contributed by atoms with Crippen LogP contribution in [0.25, 0.3) is 0 Å². The van der Waals surface area contributed by atoms with Crippen LogP contribution >= 0.6 is 0 Å². The molecule has 0 aromatic heterocycles. The Morgan fingerprint density at radius 2 is 1.40 bits per heavy atom. The van der Waals surface area contributed by atoms with Gasteiger partial charge in [0, 0.05) is 6.07 Å². The molecule has 1 rings (SSSR count). The molecule has 0 spiro atoms. The monoisotopic (exact) mass is 144 g/mol. The largest absolute Gasteiger partial charge is 0.207 e. The summed E-state index contributed by atoms with van der Waals surface area (Å²) >= 11 is 0. The Hall–Kier alpha value is -0.920. The van der Waals surface area contributed by atoms with E-state index in [1.807, 2.05) is 0 Å². The molecule has 2 heteroatoms. The number of aryl methyl sites for hydroxylation is 1. The Morgan fingerprint density at radius 1 is 1.00 bits per heavy atom. The van der Waals surface area contributed by atoms with Crippen LogP contribution in [0.2, 0.25) is 0 Å². The van der Waals surface area contributed by atoms with Crippen LogP contribution in [0.1, 0.15) is 13.0 Å². The molecule has 0 fully saturated rings. The van der Waals surface area contributed by atoms with E-state index in [2.05, 4.69) is 0 Å². The Labute approximate surface area is 59.5 Å². The zero-order valence-electron chi connectivity index (χ0n) is 4.99. The number of halogens is 2. The second kappa shape index (κ2) is 3.30. The van der Waals surface area contributed by atoms with E-state index < -0.39 is 11.6 Å². The van der Waals surface area contributed by atoms with E-state index in [9.17, 15) is 8.78 Å². The standard InChI is InChI=1S/C7H6F2.CH4/c1-5-2-6(8)4-7(9)3-5;/h2-4H,1H3;1H4. The molecule has 0 nitrogen and oxygen atoms in total. The molecule has 1 aromatic rings. The van der Waals surface area contributed by atoms with Gasteiger partial charge in [0.15, 0.2) is 0 Å². The summed E-state index contributed by atoms with van der Waals surface area (Å²) in [6.45, 7) is 1.64. The number of benzene rings is 1. The third-order valence-electron chi connectivity index (χ3n) is 1.01. The molecule has 0 aliphatic heterocycles. The highest BCUT2D eigenvalue weighted by Crippen LogP contribution is 2.05. The lowest BCUT2D eigenvalue weighted by molar-refractivity contribution is 0.581. The average Bonchev–Trinajstić information content (AvgIpc) is 1.59. The van der Waals surface area contributed by atoms with E-state index in [0.29, 0.717) is 5.56 Å². The minimum absolute atomic E-state index is 0. The quantitative estimate of drug-likeness (QED) is 0.525. The zero-order valence-corrected chi connectivity index (χ0v) is 4.99. The number of hydrogen-bond acceptors (Lipinski definition) is 0. The summed E-state index contributed by atoms with van der Waals surface area (Å²) in [7, 11) is 0. The molecule has 1 aromatic carbocycles. The molecule has 0 saturated carbocycles. The van der Waals surface area contributed by atoms with Crippen LogP contribution in [0.15, 0.2) is 18.2 Å². The van der Waals surface area contributed by atoms with Gasteiger partial charge in [-0.3, -0.25) is 0 Å². The maximum Gasteiger partial charge on any atom is 0.126 e. The van der Waals surface area contributed by atoms with Crippen molar-refractivity contribution in [2.45, 2.75) is 14.4 Å². The van der Waals surface area contributed by atoms with Gasteiger partial charge < -0.3 is 0 Å². The summed E-state index contributed by atoms with van der Waals surface area (Å²) in [4.78, 5) is 0. The summed E-state index contributed by atoms with van der Waals surface area (Å²) in [5.41, 5.74) is 0.604. The molecule has 0 atom stereocenters. The van der Waals surface area contributed by atoms with Gasteiger partial charge in [0.05, 0.1) is 0 Å². The molecule has 0 saturated heterocycles. The van der Waals surface area contributed by atoms with Crippen molar-refractivity contribution in [3.63, 3.8) is 0 Å². The van der Waals surface area contributed by atoms with Gasteiger partial charge in [-0.15, -0.1) is 0 Å². The first kappa shape index (κ1) is 9.08. The predicted octanol–water partition coefficient (Wildman–Crippen LogP) is 2.91. The topological polar surface area (TPSA) is 0 Å². The molecular formula is C8H10F2. The van der Waals surface area contributed by atoms with Crippen LogP contribution in [-0.2, 0) is 0 Å². The molecule has 0 aliphatic rings. The minimum atomic E-state index is -0.521.